The van der Waals surface area contributed by atoms with Crippen molar-refractivity contribution < 1.29 is 91.6 Å². The van der Waals surface area contributed by atoms with Crippen LogP contribution in [0.5, 0.6) is 17.2 Å². The molecule has 154 valence electrons. The summed E-state index contributed by atoms with van der Waals surface area (Å²) in [6.45, 7) is 3.18. The Balaban J connectivity index is 0.00000181. The first-order valence-corrected chi connectivity index (χ1v) is 10.1. The fourth-order valence-corrected chi connectivity index (χ4v) is 3.79. The Hall–Kier alpha value is -1.55. The molecule has 9 nitrogen and oxygen atoms in total. The van der Waals surface area contributed by atoms with Gasteiger partial charge >= 0.3 is 78.2 Å². The van der Waals surface area contributed by atoms with Crippen LogP contribution in [0.15, 0.2) is 60.9 Å². The van der Waals surface area contributed by atoms with Crippen LogP contribution in [0.1, 0.15) is 11.1 Å². The summed E-state index contributed by atoms with van der Waals surface area (Å²) in [7, 11) is -4.90. The molecule has 1 atom stereocenters. The van der Waals surface area contributed by atoms with E-state index >= 15 is 0 Å². The first-order chi connectivity index (χ1) is 14.1. The van der Waals surface area contributed by atoms with Crippen molar-refractivity contribution in [2.24, 2.45) is 0 Å². The summed E-state index contributed by atoms with van der Waals surface area (Å²) < 4.78 is 32.1. The molecule has 0 saturated heterocycles. The number of fused-ring (bicyclic) bond motifs is 2. The van der Waals surface area contributed by atoms with Gasteiger partial charge in [0.25, 0.3) is 0 Å². The van der Waals surface area contributed by atoms with Crippen LogP contribution in [0, 0.1) is 13.8 Å². The van der Waals surface area contributed by atoms with Gasteiger partial charge in [-0.2, -0.15) is 0 Å². The second-order valence-corrected chi connectivity index (χ2v) is 7.80. The summed E-state index contributed by atoms with van der Waals surface area (Å²) in [5.74, 6) is -1.06. The smallest absolute Gasteiger partial charge is 0.867 e. The first-order valence-electron chi connectivity index (χ1n) is 8.62. The van der Waals surface area contributed by atoms with E-state index in [4.69, 9.17) is 17.9 Å². The van der Waals surface area contributed by atoms with Crippen LogP contribution in [-0.2, 0) is 4.57 Å². The SMILES string of the molecule is Cc1cc(=O)oc2cc(OP(=O)([O-])Oc3ccc4c(C)c([O-])c(=O)oc4c3)ccc12.[Na+].[Na+]. The molecule has 4 rings (SSSR count). The molecule has 0 radical (unpaired) electrons. The van der Waals surface area contributed by atoms with E-state index in [1.54, 1.807) is 13.0 Å². The Bertz CT molecular complexity index is 1480. The zero-order valence-electron chi connectivity index (χ0n) is 17.7. The average Bonchev–Trinajstić information content (AvgIpc) is 2.65. The summed E-state index contributed by atoms with van der Waals surface area (Å²) in [5, 5.41) is 12.6. The number of phosphoric acid groups is 1. The van der Waals surface area contributed by atoms with E-state index in [2.05, 4.69) is 0 Å². The molecular weight excluding hydrogens is 461 g/mol. The maximum Gasteiger partial charge on any atom is 1.00 e. The molecule has 0 bridgehead atoms. The predicted octanol–water partition coefficient (Wildman–Crippen LogP) is -3.48. The molecule has 0 fully saturated rings. The Morgan fingerprint density at radius 2 is 1.38 bits per heavy atom. The molecule has 0 spiro atoms. The Morgan fingerprint density at radius 3 is 1.97 bits per heavy atom. The summed E-state index contributed by atoms with van der Waals surface area (Å²) >= 11 is 0. The number of aryl methyl sites for hydroxylation is 2. The molecule has 32 heavy (non-hydrogen) atoms. The first kappa shape index (κ1) is 26.7. The van der Waals surface area contributed by atoms with Crippen molar-refractivity contribution in [2.45, 2.75) is 13.8 Å². The summed E-state index contributed by atoms with van der Waals surface area (Å²) in [6.07, 6.45) is 0. The van der Waals surface area contributed by atoms with E-state index < -0.39 is 24.8 Å². The number of benzene rings is 2. The topological polar surface area (TPSA) is 142 Å². The molecule has 2 heterocycles. The van der Waals surface area contributed by atoms with Crippen LogP contribution in [-0.4, -0.2) is 0 Å². The monoisotopic (exact) mass is 474 g/mol. The van der Waals surface area contributed by atoms with Gasteiger partial charge in [0.05, 0.1) is 0 Å². The minimum absolute atomic E-state index is 0. The second-order valence-electron chi connectivity index (χ2n) is 6.54. The number of rotatable bonds is 4. The molecule has 0 saturated carbocycles. The quantitative estimate of drug-likeness (QED) is 0.168. The fourth-order valence-electron chi connectivity index (χ4n) is 3.01. The summed E-state index contributed by atoms with van der Waals surface area (Å²) in [6, 6.07) is 9.39. The largest absolute Gasteiger partial charge is 1.00 e. The van der Waals surface area contributed by atoms with Crippen molar-refractivity contribution in [3.8, 4) is 17.2 Å². The zero-order valence-corrected chi connectivity index (χ0v) is 22.6. The number of phosphoric ester groups is 1. The molecule has 0 N–H and O–H groups in total. The third-order valence-electron chi connectivity index (χ3n) is 4.44. The van der Waals surface area contributed by atoms with Crippen molar-refractivity contribution in [1.29, 1.82) is 0 Å². The zero-order chi connectivity index (χ0) is 21.6. The minimum atomic E-state index is -4.90. The van der Waals surface area contributed by atoms with Gasteiger partial charge in [0.1, 0.15) is 22.7 Å². The molecule has 2 aromatic heterocycles. The second kappa shape index (κ2) is 10.2. The van der Waals surface area contributed by atoms with E-state index in [0.29, 0.717) is 16.3 Å². The van der Waals surface area contributed by atoms with Crippen LogP contribution in [0.3, 0.4) is 0 Å². The molecule has 12 heteroatoms. The molecule has 4 aromatic rings. The van der Waals surface area contributed by atoms with Crippen LogP contribution in [0.4, 0.5) is 0 Å². The number of hydrogen-bond donors (Lipinski definition) is 0. The van der Waals surface area contributed by atoms with E-state index in [1.165, 1.54) is 43.3 Å². The average molecular weight is 474 g/mol. The predicted molar refractivity (Wildman–Crippen MR) is 103 cm³/mol. The van der Waals surface area contributed by atoms with Crippen molar-refractivity contribution in [3.63, 3.8) is 0 Å². The Morgan fingerprint density at radius 1 is 0.844 bits per heavy atom. The minimum Gasteiger partial charge on any atom is -0.867 e. The summed E-state index contributed by atoms with van der Waals surface area (Å²) in [5.41, 5.74) is -0.628. The Labute approximate surface area is 225 Å². The Kier molecular flexibility index (Phi) is 8.47. The standard InChI is InChI=1S/C20H15O9P.2Na/c1-10-7-18(21)26-16-8-12(3-5-14(10)16)28-30(24,25)29-13-4-6-15-11(2)19(22)20(23)27-17(15)9-13;;/h3-9,22H,1-2H3,(H,24,25);;/q;2*+1/p-2. The van der Waals surface area contributed by atoms with Crippen molar-refractivity contribution in [2.75, 3.05) is 0 Å². The van der Waals surface area contributed by atoms with E-state index in [0.717, 1.165) is 0 Å². The number of hydrogen-bond acceptors (Lipinski definition) is 9. The van der Waals surface area contributed by atoms with Gasteiger partial charge in [0.2, 0.25) is 0 Å². The van der Waals surface area contributed by atoms with Crippen LogP contribution >= 0.6 is 7.82 Å². The fraction of sp³-hybridized carbons (Fsp3) is 0.100. The maximum atomic E-state index is 12.3. The van der Waals surface area contributed by atoms with Crippen LogP contribution < -0.4 is 89.4 Å². The molecule has 0 aliphatic rings. The van der Waals surface area contributed by atoms with Gasteiger partial charge in [-0.3, -0.25) is 0 Å². The third kappa shape index (κ3) is 5.50. The van der Waals surface area contributed by atoms with Gasteiger partial charge in [-0.15, -0.1) is 0 Å². The van der Waals surface area contributed by atoms with Crippen molar-refractivity contribution >= 4 is 29.8 Å². The molecule has 0 aliphatic heterocycles. The molecule has 1 unspecified atom stereocenters. The van der Waals surface area contributed by atoms with Gasteiger partial charge < -0.3 is 27.9 Å². The van der Waals surface area contributed by atoms with Gasteiger partial charge in [0, 0.05) is 29.0 Å². The molecule has 0 aliphatic carbocycles. The van der Waals surface area contributed by atoms with Gasteiger partial charge in [-0.1, -0.05) is 0 Å². The molecular formula is C20H13Na2O9P. The molecule has 2 aromatic carbocycles. The van der Waals surface area contributed by atoms with Crippen LogP contribution in [0.2, 0.25) is 0 Å². The van der Waals surface area contributed by atoms with E-state index in [-0.39, 0.29) is 87.3 Å². The van der Waals surface area contributed by atoms with Crippen molar-refractivity contribution in [1.82, 2.24) is 0 Å². The van der Waals surface area contributed by atoms with Crippen molar-refractivity contribution in [3.05, 3.63) is 74.4 Å². The molecule has 0 amide bonds. The van der Waals surface area contributed by atoms with Gasteiger partial charge in [0.15, 0.2) is 0 Å². The maximum absolute atomic E-state index is 12.3. The van der Waals surface area contributed by atoms with Gasteiger partial charge in [-0.25, -0.2) is 14.2 Å². The van der Waals surface area contributed by atoms with E-state index in [1.807, 2.05) is 0 Å². The third-order valence-corrected chi connectivity index (χ3v) is 5.31. The van der Waals surface area contributed by atoms with Crippen LogP contribution in [0.25, 0.3) is 21.9 Å². The normalized spacial score (nSPS) is 12.5. The van der Waals surface area contributed by atoms with Gasteiger partial charge in [-0.05, 0) is 55.0 Å². The summed E-state index contributed by atoms with van der Waals surface area (Å²) in [4.78, 5) is 35.4. The van der Waals surface area contributed by atoms with E-state index in [9.17, 15) is 24.2 Å².